The molecule has 0 aliphatic rings. The predicted octanol–water partition coefficient (Wildman–Crippen LogP) is 2.65. The minimum atomic E-state index is 0.337. The topological polar surface area (TPSA) is 75.9 Å². The van der Waals surface area contributed by atoms with Gasteiger partial charge in [-0.1, -0.05) is 18.5 Å². The molecule has 0 amide bonds. The monoisotopic (exact) mass is 283 g/mol. The van der Waals surface area contributed by atoms with E-state index in [0.717, 1.165) is 6.42 Å². The van der Waals surface area contributed by atoms with E-state index in [4.69, 9.17) is 17.4 Å². The quantitative estimate of drug-likeness (QED) is 0.581. The van der Waals surface area contributed by atoms with Crippen LogP contribution in [0.3, 0.4) is 0 Å². The van der Waals surface area contributed by atoms with E-state index in [-0.39, 0.29) is 0 Å². The maximum atomic E-state index is 6.01. The van der Waals surface area contributed by atoms with Gasteiger partial charge in [0.1, 0.15) is 5.02 Å². The van der Waals surface area contributed by atoms with Crippen molar-refractivity contribution in [3.63, 3.8) is 0 Å². The number of aryl methyl sites for hydroxylation is 1. The molecule has 4 N–H and O–H groups in total. The first-order valence-electron chi connectivity index (χ1n) is 5.52. The van der Waals surface area contributed by atoms with E-state index in [2.05, 4.69) is 39.1 Å². The second-order valence-electron chi connectivity index (χ2n) is 3.61. The summed E-state index contributed by atoms with van der Waals surface area (Å²) in [7, 11) is 0. The number of rotatable bonds is 5. The minimum Gasteiger partial charge on any atom is -0.364 e. The Morgan fingerprint density at radius 2 is 2.33 bits per heavy atom. The molecule has 0 aliphatic heterocycles. The molecule has 2 rings (SSSR count). The molecule has 96 valence electrons. The Bertz CT molecular complexity index is 528. The lowest BCUT2D eigenvalue weighted by molar-refractivity contribution is 1.05. The summed E-state index contributed by atoms with van der Waals surface area (Å²) in [6, 6.07) is 2.14. The van der Waals surface area contributed by atoms with Gasteiger partial charge < -0.3 is 5.32 Å². The number of nitrogens with zero attached hydrogens (tertiary/aromatic N) is 2. The molecule has 0 fully saturated rings. The van der Waals surface area contributed by atoms with Gasteiger partial charge in [-0.25, -0.2) is 10.8 Å². The van der Waals surface area contributed by atoms with Crippen LogP contribution in [0.2, 0.25) is 5.02 Å². The number of anilines is 2. The summed E-state index contributed by atoms with van der Waals surface area (Å²) in [5.74, 6) is 6.18. The summed E-state index contributed by atoms with van der Waals surface area (Å²) in [4.78, 5) is 9.37. The first-order valence-corrected chi connectivity index (χ1v) is 6.78. The van der Waals surface area contributed by atoms with Crippen LogP contribution >= 0.6 is 22.9 Å². The first kappa shape index (κ1) is 13.1. The molecule has 0 aliphatic carbocycles. The number of hydrogen-bond acceptors (Lipinski definition) is 6. The van der Waals surface area contributed by atoms with Crippen molar-refractivity contribution in [2.45, 2.75) is 19.9 Å². The summed E-state index contributed by atoms with van der Waals surface area (Å²) in [6.45, 7) is 2.83. The zero-order valence-electron chi connectivity index (χ0n) is 9.90. The summed E-state index contributed by atoms with van der Waals surface area (Å²) in [6.07, 6.45) is 2.54. The summed E-state index contributed by atoms with van der Waals surface area (Å²) < 4.78 is 0. The average molecular weight is 284 g/mol. The van der Waals surface area contributed by atoms with E-state index in [1.807, 2.05) is 0 Å². The number of hydrogen-bond donors (Lipinski definition) is 3. The molecule has 0 saturated carbocycles. The standard InChI is InChI=1S/C11H14ClN5S/c1-2-7-3-4-18-9(7)6-14-10-8(12)5-15-11(16-10)17-13/h3-5H,2,6,13H2,1H3,(H2,14,15,16,17). The van der Waals surface area contributed by atoms with Crippen molar-refractivity contribution < 1.29 is 0 Å². The molecular formula is C11H14ClN5S. The third kappa shape index (κ3) is 2.90. The third-order valence-corrected chi connectivity index (χ3v) is 3.75. The van der Waals surface area contributed by atoms with Gasteiger partial charge in [0.2, 0.25) is 5.95 Å². The lowest BCUT2D eigenvalue weighted by Gasteiger charge is -2.08. The molecule has 0 aromatic carbocycles. The maximum absolute atomic E-state index is 6.01. The maximum Gasteiger partial charge on any atom is 0.239 e. The number of thiophene rings is 1. The summed E-state index contributed by atoms with van der Waals surface area (Å²) in [5.41, 5.74) is 3.73. The van der Waals surface area contributed by atoms with Crippen molar-refractivity contribution in [1.29, 1.82) is 0 Å². The normalized spacial score (nSPS) is 10.4. The smallest absolute Gasteiger partial charge is 0.239 e. The van der Waals surface area contributed by atoms with Gasteiger partial charge in [0, 0.05) is 4.88 Å². The largest absolute Gasteiger partial charge is 0.364 e. The number of nitrogens with two attached hydrogens (primary N) is 1. The van der Waals surface area contributed by atoms with Crippen molar-refractivity contribution in [3.05, 3.63) is 33.1 Å². The van der Waals surface area contributed by atoms with Gasteiger partial charge in [-0.3, -0.25) is 5.43 Å². The molecule has 0 atom stereocenters. The molecule has 0 spiro atoms. The molecule has 0 saturated heterocycles. The number of aromatic nitrogens is 2. The van der Waals surface area contributed by atoms with Crippen LogP contribution in [-0.4, -0.2) is 9.97 Å². The van der Waals surface area contributed by atoms with Crippen LogP contribution in [0.1, 0.15) is 17.4 Å². The highest BCUT2D eigenvalue weighted by atomic mass is 35.5. The highest BCUT2D eigenvalue weighted by molar-refractivity contribution is 7.10. The molecule has 5 nitrogen and oxygen atoms in total. The molecule has 0 radical (unpaired) electrons. The van der Waals surface area contributed by atoms with E-state index in [9.17, 15) is 0 Å². The van der Waals surface area contributed by atoms with E-state index < -0.39 is 0 Å². The molecular weight excluding hydrogens is 270 g/mol. The van der Waals surface area contributed by atoms with Crippen LogP contribution in [0, 0.1) is 0 Å². The lowest BCUT2D eigenvalue weighted by atomic mass is 10.2. The van der Waals surface area contributed by atoms with Crippen LogP contribution < -0.4 is 16.6 Å². The molecule has 0 bridgehead atoms. The number of hydrazine groups is 1. The Morgan fingerprint density at radius 3 is 3.06 bits per heavy atom. The molecule has 2 heterocycles. The fourth-order valence-electron chi connectivity index (χ4n) is 1.56. The second kappa shape index (κ2) is 5.99. The average Bonchev–Trinajstić information content (AvgIpc) is 2.85. The zero-order chi connectivity index (χ0) is 13.0. The lowest BCUT2D eigenvalue weighted by Crippen LogP contribution is -2.12. The van der Waals surface area contributed by atoms with E-state index in [1.54, 1.807) is 11.3 Å². The minimum absolute atomic E-state index is 0.337. The number of nitrogen functional groups attached to an aromatic ring is 1. The highest BCUT2D eigenvalue weighted by Crippen LogP contribution is 2.22. The van der Waals surface area contributed by atoms with Gasteiger partial charge in [-0.15, -0.1) is 11.3 Å². The van der Waals surface area contributed by atoms with Crippen LogP contribution in [0.5, 0.6) is 0 Å². The van der Waals surface area contributed by atoms with E-state index >= 15 is 0 Å². The summed E-state index contributed by atoms with van der Waals surface area (Å²) >= 11 is 7.73. The highest BCUT2D eigenvalue weighted by Gasteiger charge is 2.07. The van der Waals surface area contributed by atoms with Crippen molar-refractivity contribution in [3.8, 4) is 0 Å². The Labute approximate surface area is 114 Å². The molecule has 18 heavy (non-hydrogen) atoms. The van der Waals surface area contributed by atoms with Gasteiger partial charge in [0.25, 0.3) is 0 Å². The van der Waals surface area contributed by atoms with Crippen molar-refractivity contribution in [1.82, 2.24) is 9.97 Å². The van der Waals surface area contributed by atoms with Gasteiger partial charge in [-0.05, 0) is 23.4 Å². The van der Waals surface area contributed by atoms with E-state index in [0.29, 0.717) is 23.3 Å². The Balaban J connectivity index is 2.10. The molecule has 0 unspecified atom stereocenters. The third-order valence-electron chi connectivity index (χ3n) is 2.51. The fourth-order valence-corrected chi connectivity index (χ4v) is 2.64. The van der Waals surface area contributed by atoms with Crippen molar-refractivity contribution >= 4 is 34.7 Å². The SMILES string of the molecule is CCc1ccsc1CNc1nc(NN)ncc1Cl. The molecule has 7 heteroatoms. The second-order valence-corrected chi connectivity index (χ2v) is 5.02. The van der Waals surface area contributed by atoms with Crippen LogP contribution in [0.15, 0.2) is 17.6 Å². The van der Waals surface area contributed by atoms with Crippen LogP contribution in [-0.2, 0) is 13.0 Å². The van der Waals surface area contributed by atoms with Gasteiger partial charge in [-0.2, -0.15) is 4.98 Å². The van der Waals surface area contributed by atoms with Gasteiger partial charge in [0.05, 0.1) is 12.7 Å². The Morgan fingerprint density at radius 1 is 1.50 bits per heavy atom. The number of nitrogens with one attached hydrogen (secondary N) is 2. The Hall–Kier alpha value is -1.37. The van der Waals surface area contributed by atoms with Gasteiger partial charge >= 0.3 is 0 Å². The first-order chi connectivity index (χ1) is 8.74. The van der Waals surface area contributed by atoms with Crippen LogP contribution in [0.25, 0.3) is 0 Å². The van der Waals surface area contributed by atoms with Crippen molar-refractivity contribution in [2.24, 2.45) is 5.84 Å². The summed E-state index contributed by atoms with van der Waals surface area (Å²) in [5, 5.41) is 5.76. The molecule has 2 aromatic rings. The van der Waals surface area contributed by atoms with Crippen LogP contribution in [0.4, 0.5) is 11.8 Å². The van der Waals surface area contributed by atoms with E-state index in [1.165, 1.54) is 16.6 Å². The zero-order valence-corrected chi connectivity index (χ0v) is 11.5. The molecule has 2 aromatic heterocycles. The van der Waals surface area contributed by atoms with Crippen molar-refractivity contribution in [2.75, 3.05) is 10.7 Å². The van der Waals surface area contributed by atoms with Gasteiger partial charge in [0.15, 0.2) is 5.82 Å². The fraction of sp³-hybridized carbons (Fsp3) is 0.273. The Kier molecular flexibility index (Phi) is 4.35. The number of halogens is 1. The predicted molar refractivity (Wildman–Crippen MR) is 75.9 cm³/mol.